The van der Waals surface area contributed by atoms with E-state index in [1.807, 2.05) is 4.90 Å². The molecule has 1 atom stereocenters. The third kappa shape index (κ3) is 2.84. The molecule has 4 rings (SSSR count). The van der Waals surface area contributed by atoms with Gasteiger partial charge in [0.2, 0.25) is 5.43 Å². The average molecular weight is 374 g/mol. The molecule has 0 radical (unpaired) electrons. The highest BCUT2D eigenvalue weighted by atomic mass is 19.1. The number of hydrogen-bond acceptors (Lipinski definition) is 5. The maximum Gasteiger partial charge on any atom is 0.341 e. The molecule has 1 unspecified atom stereocenters. The van der Waals surface area contributed by atoms with Crippen LogP contribution in [0.1, 0.15) is 23.2 Å². The van der Waals surface area contributed by atoms with Crippen molar-refractivity contribution in [2.24, 2.45) is 5.41 Å². The number of halogens is 1. The van der Waals surface area contributed by atoms with Crippen LogP contribution in [-0.2, 0) is 0 Å². The van der Waals surface area contributed by atoms with Crippen LogP contribution >= 0.6 is 0 Å². The second kappa shape index (κ2) is 6.23. The molecule has 2 fully saturated rings. The topological polar surface area (TPSA) is 77.8 Å². The monoisotopic (exact) mass is 374 g/mol. The average Bonchev–Trinajstić information content (AvgIpc) is 3.21. The van der Waals surface area contributed by atoms with Crippen LogP contribution in [0.4, 0.5) is 10.1 Å². The first-order chi connectivity index (χ1) is 12.8. The second-order valence-corrected chi connectivity index (χ2v) is 7.75. The fraction of sp³-hybridized carbons (Fsp3) is 0.474. The maximum atomic E-state index is 14.9. The summed E-state index contributed by atoms with van der Waals surface area (Å²) < 4.78 is 16.4. The number of carboxylic acid groups (broad SMARTS) is 1. The molecule has 1 aromatic carbocycles. The molecule has 144 valence electrons. The Labute approximate surface area is 156 Å². The van der Waals surface area contributed by atoms with E-state index in [1.54, 1.807) is 13.1 Å². The van der Waals surface area contributed by atoms with Crippen LogP contribution in [0.3, 0.4) is 0 Å². The van der Waals surface area contributed by atoms with Gasteiger partial charge >= 0.3 is 5.97 Å². The molecule has 2 aliphatic heterocycles. The zero-order valence-corrected chi connectivity index (χ0v) is 15.5. The lowest BCUT2D eigenvalue weighted by atomic mass is 9.86. The summed E-state index contributed by atoms with van der Waals surface area (Å²) in [6, 6.07) is 2.81. The number of nitrogens with zero attached hydrogens (tertiary/aromatic N) is 3. The highest BCUT2D eigenvalue weighted by Crippen LogP contribution is 2.41. The Bertz CT molecular complexity index is 989. The predicted octanol–water partition coefficient (Wildman–Crippen LogP) is 1.54. The standard InChI is InChI=1S/C19H23FN4O3/c1-21-24-9-13(18(26)27)17(25)12-7-14(20)16(8-15(12)24)23-6-4-19(11-23)3-5-22(2)10-19/h7-9,21H,3-6,10-11H2,1-2H3,(H,26,27). The highest BCUT2D eigenvalue weighted by molar-refractivity contribution is 5.93. The molecule has 2 saturated heterocycles. The normalized spacial score (nSPS) is 22.9. The number of aromatic nitrogens is 1. The fourth-order valence-electron chi connectivity index (χ4n) is 4.55. The molecule has 2 aromatic rings. The lowest BCUT2D eigenvalue weighted by Gasteiger charge is -2.25. The van der Waals surface area contributed by atoms with Crippen molar-refractivity contribution < 1.29 is 14.3 Å². The predicted molar refractivity (Wildman–Crippen MR) is 102 cm³/mol. The van der Waals surface area contributed by atoms with Crippen LogP contribution in [0, 0.1) is 11.2 Å². The van der Waals surface area contributed by atoms with E-state index in [0.29, 0.717) is 11.2 Å². The van der Waals surface area contributed by atoms with Crippen molar-refractivity contribution in [3.05, 3.63) is 39.9 Å². The van der Waals surface area contributed by atoms with Gasteiger partial charge in [-0.15, -0.1) is 0 Å². The molecule has 1 aromatic heterocycles. The third-order valence-corrected chi connectivity index (χ3v) is 5.95. The number of likely N-dealkylation sites (tertiary alicyclic amines) is 1. The molecule has 27 heavy (non-hydrogen) atoms. The Morgan fingerprint density at radius 3 is 2.63 bits per heavy atom. The molecule has 2 N–H and O–H groups in total. The molecular weight excluding hydrogens is 351 g/mol. The van der Waals surface area contributed by atoms with Gasteiger partial charge in [0.15, 0.2) is 0 Å². The quantitative estimate of drug-likeness (QED) is 0.849. The van der Waals surface area contributed by atoms with Crippen molar-refractivity contribution >= 4 is 22.6 Å². The first-order valence-corrected chi connectivity index (χ1v) is 9.07. The summed E-state index contributed by atoms with van der Waals surface area (Å²) in [4.78, 5) is 28.1. The summed E-state index contributed by atoms with van der Waals surface area (Å²) in [6.07, 6.45) is 3.37. The molecule has 1 spiro atoms. The first kappa shape index (κ1) is 17.8. The van der Waals surface area contributed by atoms with Crippen molar-refractivity contribution in [3.63, 3.8) is 0 Å². The molecule has 0 saturated carbocycles. The number of fused-ring (bicyclic) bond motifs is 1. The third-order valence-electron chi connectivity index (χ3n) is 5.95. The van der Waals surface area contributed by atoms with Gasteiger partial charge in [0.05, 0.1) is 16.6 Å². The Morgan fingerprint density at radius 2 is 2.00 bits per heavy atom. The Morgan fingerprint density at radius 1 is 1.26 bits per heavy atom. The first-order valence-electron chi connectivity index (χ1n) is 9.07. The van der Waals surface area contributed by atoms with Gasteiger partial charge in [-0.3, -0.25) is 9.47 Å². The van der Waals surface area contributed by atoms with Crippen LogP contribution in [0.25, 0.3) is 10.9 Å². The van der Waals surface area contributed by atoms with Crippen LogP contribution in [0.2, 0.25) is 0 Å². The Hall–Kier alpha value is -2.61. The van der Waals surface area contributed by atoms with E-state index in [9.17, 15) is 19.1 Å². The fourth-order valence-corrected chi connectivity index (χ4v) is 4.55. The number of nitrogens with one attached hydrogen (secondary N) is 1. The van der Waals surface area contributed by atoms with E-state index in [0.717, 1.165) is 39.0 Å². The number of carbonyl (C=O) groups is 1. The lowest BCUT2D eigenvalue weighted by Crippen LogP contribution is -2.30. The van der Waals surface area contributed by atoms with E-state index < -0.39 is 22.8 Å². The maximum absolute atomic E-state index is 14.9. The number of hydrogen-bond donors (Lipinski definition) is 2. The summed E-state index contributed by atoms with van der Waals surface area (Å²) >= 11 is 0. The van der Waals surface area contributed by atoms with E-state index >= 15 is 0 Å². The van der Waals surface area contributed by atoms with Crippen LogP contribution < -0.4 is 15.8 Å². The molecule has 0 aliphatic carbocycles. The zero-order chi connectivity index (χ0) is 19.3. The minimum Gasteiger partial charge on any atom is -0.477 e. The van der Waals surface area contributed by atoms with E-state index in [-0.39, 0.29) is 10.8 Å². The van der Waals surface area contributed by atoms with Gasteiger partial charge < -0.3 is 20.3 Å². The molecule has 7 nitrogen and oxygen atoms in total. The van der Waals surface area contributed by atoms with E-state index in [4.69, 9.17) is 0 Å². The van der Waals surface area contributed by atoms with Crippen molar-refractivity contribution in [1.29, 1.82) is 0 Å². The minimum absolute atomic E-state index is 0.0556. The molecule has 8 heteroatoms. The number of carboxylic acids is 1. The van der Waals surface area contributed by atoms with Gasteiger partial charge in [0, 0.05) is 38.3 Å². The zero-order valence-electron chi connectivity index (χ0n) is 15.5. The Kier molecular flexibility index (Phi) is 4.10. The van der Waals surface area contributed by atoms with Gasteiger partial charge in [-0.05, 0) is 38.6 Å². The summed E-state index contributed by atoms with van der Waals surface area (Å²) in [7, 11) is 3.73. The van der Waals surface area contributed by atoms with Gasteiger partial charge in [-0.25, -0.2) is 9.18 Å². The van der Waals surface area contributed by atoms with Crippen LogP contribution in [0.5, 0.6) is 0 Å². The summed E-state index contributed by atoms with van der Waals surface area (Å²) in [5.74, 6) is -1.82. The van der Waals surface area contributed by atoms with E-state index in [1.165, 1.54) is 16.9 Å². The molecule has 0 bridgehead atoms. The second-order valence-electron chi connectivity index (χ2n) is 7.75. The SMILES string of the molecule is CNn1cc(C(=O)O)c(=O)c2cc(F)c(N3CCC4(CCN(C)C4)C3)cc21. The largest absolute Gasteiger partial charge is 0.477 e. The van der Waals surface area contributed by atoms with Crippen LogP contribution in [-0.4, -0.2) is 60.9 Å². The van der Waals surface area contributed by atoms with Crippen LogP contribution in [0.15, 0.2) is 23.1 Å². The highest BCUT2D eigenvalue weighted by Gasteiger charge is 2.43. The van der Waals surface area contributed by atoms with Crippen molar-refractivity contribution in [1.82, 2.24) is 9.58 Å². The summed E-state index contributed by atoms with van der Waals surface area (Å²) in [6.45, 7) is 3.64. The van der Waals surface area contributed by atoms with Gasteiger partial charge in [0.1, 0.15) is 11.4 Å². The Balaban J connectivity index is 1.79. The smallest absolute Gasteiger partial charge is 0.341 e. The van der Waals surface area contributed by atoms with Crippen molar-refractivity contribution in [2.45, 2.75) is 12.8 Å². The minimum atomic E-state index is -1.33. The number of benzene rings is 1. The molecule has 2 aliphatic rings. The van der Waals surface area contributed by atoms with E-state index in [2.05, 4.69) is 17.4 Å². The molecular formula is C19H23FN4O3. The number of aromatic carboxylic acids is 1. The molecule has 3 heterocycles. The van der Waals surface area contributed by atoms with Crippen molar-refractivity contribution in [3.8, 4) is 0 Å². The van der Waals surface area contributed by atoms with Gasteiger partial charge in [-0.2, -0.15) is 0 Å². The van der Waals surface area contributed by atoms with Gasteiger partial charge in [-0.1, -0.05) is 0 Å². The van der Waals surface area contributed by atoms with Gasteiger partial charge in [0.25, 0.3) is 0 Å². The number of rotatable bonds is 3. The summed E-state index contributed by atoms with van der Waals surface area (Å²) in [5, 5.41) is 9.29. The molecule has 0 amide bonds. The number of pyridine rings is 1. The number of anilines is 1. The lowest BCUT2D eigenvalue weighted by molar-refractivity contribution is 0.0695. The van der Waals surface area contributed by atoms with Crippen molar-refractivity contribution in [2.75, 3.05) is 50.6 Å². The summed E-state index contributed by atoms with van der Waals surface area (Å²) in [5.41, 5.74) is 2.91.